The SMILES string of the molecule is CC1=NC(C)(C)C(C)(C)N1c1ccc(-c2ccc3c(ccc4c5ccc(-c6ccc(N7C(C)=NC(C)(C)C7(C)C)cc6)cc5n(-c5ccccc5)c34)c2)cc1. The fraction of sp³-hybridized carbons (Fsp3) is 0.280. The molecule has 0 atom stereocenters. The lowest BCUT2D eigenvalue weighted by molar-refractivity contribution is 0.338. The van der Waals surface area contributed by atoms with Crippen molar-refractivity contribution in [3.8, 4) is 27.9 Å². The van der Waals surface area contributed by atoms with Gasteiger partial charge in [-0.05, 0) is 145 Å². The van der Waals surface area contributed by atoms with Gasteiger partial charge in [0.15, 0.2) is 0 Å². The molecule has 2 aliphatic heterocycles. The van der Waals surface area contributed by atoms with Crippen LogP contribution in [0.25, 0.3) is 60.5 Å². The van der Waals surface area contributed by atoms with E-state index in [0.717, 1.165) is 17.4 Å². The Balaban J connectivity index is 1.12. The number of amidine groups is 2. The molecule has 6 aromatic carbocycles. The van der Waals surface area contributed by atoms with Crippen LogP contribution in [-0.2, 0) is 0 Å². The molecule has 5 heteroatoms. The summed E-state index contributed by atoms with van der Waals surface area (Å²) in [6.45, 7) is 22.3. The molecule has 0 saturated carbocycles. The maximum Gasteiger partial charge on any atom is 0.102 e. The van der Waals surface area contributed by atoms with Crippen molar-refractivity contribution in [2.24, 2.45) is 9.98 Å². The first-order valence-electron chi connectivity index (χ1n) is 19.6. The molecule has 3 heterocycles. The number of aromatic nitrogens is 1. The number of benzene rings is 6. The van der Waals surface area contributed by atoms with Crippen LogP contribution in [0.3, 0.4) is 0 Å². The average molecular weight is 722 g/mol. The minimum atomic E-state index is -0.166. The van der Waals surface area contributed by atoms with Gasteiger partial charge in [0.2, 0.25) is 0 Å². The molecule has 0 N–H and O–H groups in total. The van der Waals surface area contributed by atoms with E-state index in [1.54, 1.807) is 0 Å². The standard InChI is InChI=1S/C50H51N5/c1-32-51-47(3,4)49(7,8)54(32)40-23-16-34(17-24-40)36-20-27-42-38(30-36)22-29-44-43-28-21-37(31-45(43)53(46(42)44)39-14-12-11-13-15-39)35-18-25-41(26-19-35)55-33(2)52-48(5,6)50(55,9)10/h11-31H,1-10H3. The summed E-state index contributed by atoms with van der Waals surface area (Å²) in [5.74, 6) is 2.12. The third kappa shape index (κ3) is 5.19. The summed E-state index contributed by atoms with van der Waals surface area (Å²) in [7, 11) is 0. The molecule has 0 spiro atoms. The molecule has 0 bridgehead atoms. The summed E-state index contributed by atoms with van der Waals surface area (Å²) in [5.41, 5.74) is 10.2. The molecule has 0 saturated heterocycles. The van der Waals surface area contributed by atoms with Crippen LogP contribution in [-0.4, -0.2) is 38.4 Å². The molecule has 0 fully saturated rings. The molecule has 9 rings (SSSR count). The number of nitrogens with zero attached hydrogens (tertiary/aromatic N) is 5. The van der Waals surface area contributed by atoms with Crippen molar-refractivity contribution < 1.29 is 0 Å². The third-order valence-electron chi connectivity index (χ3n) is 13.3. The van der Waals surface area contributed by atoms with Gasteiger partial charge in [-0.15, -0.1) is 0 Å². The Hall–Kier alpha value is -5.68. The van der Waals surface area contributed by atoms with Crippen LogP contribution in [0.15, 0.2) is 137 Å². The first kappa shape index (κ1) is 35.0. The number of aliphatic imine (C=N–C) groups is 2. The summed E-state index contributed by atoms with van der Waals surface area (Å²) < 4.78 is 2.46. The molecule has 0 unspecified atom stereocenters. The largest absolute Gasteiger partial charge is 0.322 e. The predicted molar refractivity (Wildman–Crippen MR) is 237 cm³/mol. The second kappa shape index (κ2) is 11.9. The highest BCUT2D eigenvalue weighted by molar-refractivity contribution is 6.19. The molecule has 0 amide bonds. The van der Waals surface area contributed by atoms with E-state index >= 15 is 0 Å². The van der Waals surface area contributed by atoms with E-state index in [1.807, 2.05) is 0 Å². The number of fused-ring (bicyclic) bond motifs is 5. The van der Waals surface area contributed by atoms with Gasteiger partial charge in [0.1, 0.15) is 11.7 Å². The van der Waals surface area contributed by atoms with E-state index in [4.69, 9.17) is 9.98 Å². The fourth-order valence-corrected chi connectivity index (χ4v) is 9.20. The number of hydrogen-bond acceptors (Lipinski definition) is 4. The smallest absolute Gasteiger partial charge is 0.102 e. The Bertz CT molecular complexity index is 2710. The number of para-hydroxylation sites is 1. The predicted octanol–water partition coefficient (Wildman–Crippen LogP) is 12.9. The highest BCUT2D eigenvalue weighted by Crippen LogP contribution is 2.44. The lowest BCUT2D eigenvalue weighted by Crippen LogP contribution is -2.52. The van der Waals surface area contributed by atoms with Crippen molar-refractivity contribution in [3.63, 3.8) is 0 Å². The Labute approximate surface area is 325 Å². The van der Waals surface area contributed by atoms with Gasteiger partial charge in [0.25, 0.3) is 0 Å². The molecule has 55 heavy (non-hydrogen) atoms. The van der Waals surface area contributed by atoms with Crippen LogP contribution >= 0.6 is 0 Å². The highest BCUT2D eigenvalue weighted by Gasteiger charge is 2.49. The van der Waals surface area contributed by atoms with Gasteiger partial charge in [-0.1, -0.05) is 78.9 Å². The second-order valence-electron chi connectivity index (χ2n) is 17.6. The lowest BCUT2D eigenvalue weighted by atomic mass is 9.83. The Morgan fingerprint density at radius 1 is 0.418 bits per heavy atom. The van der Waals surface area contributed by atoms with E-state index in [2.05, 4.69) is 211 Å². The Morgan fingerprint density at radius 2 is 0.873 bits per heavy atom. The molecular weight excluding hydrogens is 671 g/mol. The zero-order valence-electron chi connectivity index (χ0n) is 33.9. The second-order valence-corrected chi connectivity index (χ2v) is 17.6. The monoisotopic (exact) mass is 721 g/mol. The van der Waals surface area contributed by atoms with Gasteiger partial charge >= 0.3 is 0 Å². The normalized spacial score (nSPS) is 18.4. The van der Waals surface area contributed by atoms with Crippen LogP contribution in [0.2, 0.25) is 0 Å². The molecule has 276 valence electrons. The van der Waals surface area contributed by atoms with Crippen molar-refractivity contribution in [3.05, 3.63) is 127 Å². The van der Waals surface area contributed by atoms with Crippen LogP contribution in [0.4, 0.5) is 11.4 Å². The van der Waals surface area contributed by atoms with E-state index in [1.165, 1.54) is 66.2 Å². The first-order chi connectivity index (χ1) is 26.1. The quantitative estimate of drug-likeness (QED) is 0.177. The minimum absolute atomic E-state index is 0.118. The molecule has 1 aromatic heterocycles. The van der Waals surface area contributed by atoms with Crippen molar-refractivity contribution >= 4 is 55.6 Å². The third-order valence-corrected chi connectivity index (χ3v) is 13.3. The molecular formula is C50H51N5. The van der Waals surface area contributed by atoms with E-state index < -0.39 is 0 Å². The van der Waals surface area contributed by atoms with Crippen LogP contribution in [0.1, 0.15) is 69.2 Å². The number of anilines is 2. The van der Waals surface area contributed by atoms with Gasteiger partial charge in [-0.2, -0.15) is 0 Å². The van der Waals surface area contributed by atoms with Crippen LogP contribution in [0.5, 0.6) is 0 Å². The first-order valence-corrected chi connectivity index (χ1v) is 19.6. The van der Waals surface area contributed by atoms with Gasteiger partial charge in [0.05, 0.1) is 33.2 Å². The summed E-state index contributed by atoms with van der Waals surface area (Å²) in [6.07, 6.45) is 0. The number of rotatable bonds is 5. The molecule has 7 aromatic rings. The average Bonchev–Trinajstić information content (AvgIpc) is 3.63. The zero-order chi connectivity index (χ0) is 38.7. The van der Waals surface area contributed by atoms with Crippen LogP contribution < -0.4 is 9.80 Å². The Kier molecular flexibility index (Phi) is 7.59. The summed E-state index contributed by atoms with van der Waals surface area (Å²) in [4.78, 5) is 14.8. The van der Waals surface area contributed by atoms with Gasteiger partial charge in [-0.3, -0.25) is 9.98 Å². The van der Waals surface area contributed by atoms with Crippen molar-refractivity contribution in [1.29, 1.82) is 0 Å². The maximum absolute atomic E-state index is 5.01. The molecule has 0 aliphatic carbocycles. The molecule has 0 radical (unpaired) electrons. The van der Waals surface area contributed by atoms with Crippen molar-refractivity contribution in [1.82, 2.24) is 4.57 Å². The molecule has 5 nitrogen and oxygen atoms in total. The fourth-order valence-electron chi connectivity index (χ4n) is 9.20. The summed E-state index contributed by atoms with van der Waals surface area (Å²) >= 11 is 0. The Morgan fingerprint density at radius 3 is 1.36 bits per heavy atom. The van der Waals surface area contributed by atoms with Gasteiger partial charge in [0, 0.05) is 33.2 Å². The number of hydrogen-bond donors (Lipinski definition) is 0. The van der Waals surface area contributed by atoms with Crippen molar-refractivity contribution in [2.75, 3.05) is 9.80 Å². The topological polar surface area (TPSA) is 36.1 Å². The summed E-state index contributed by atoms with van der Waals surface area (Å²) in [5, 5.41) is 4.97. The maximum atomic E-state index is 5.01. The van der Waals surface area contributed by atoms with Crippen LogP contribution in [0, 0.1) is 0 Å². The van der Waals surface area contributed by atoms with Gasteiger partial charge < -0.3 is 14.4 Å². The zero-order valence-corrected chi connectivity index (χ0v) is 33.9. The van der Waals surface area contributed by atoms with E-state index in [-0.39, 0.29) is 22.2 Å². The molecule has 2 aliphatic rings. The summed E-state index contributed by atoms with van der Waals surface area (Å²) in [6, 6.07) is 47.3. The van der Waals surface area contributed by atoms with E-state index in [0.29, 0.717) is 0 Å². The van der Waals surface area contributed by atoms with Crippen molar-refractivity contribution in [2.45, 2.75) is 91.4 Å². The van der Waals surface area contributed by atoms with E-state index in [9.17, 15) is 0 Å². The minimum Gasteiger partial charge on any atom is -0.322 e. The highest BCUT2D eigenvalue weighted by atomic mass is 15.3. The lowest BCUT2D eigenvalue weighted by Gasteiger charge is -2.41. The van der Waals surface area contributed by atoms with Gasteiger partial charge in [-0.25, -0.2) is 0 Å².